The van der Waals surface area contributed by atoms with Gasteiger partial charge in [-0.15, -0.1) is 0 Å². The summed E-state index contributed by atoms with van der Waals surface area (Å²) in [6.45, 7) is -0.0977. The van der Waals surface area contributed by atoms with Crippen molar-refractivity contribution in [1.82, 2.24) is 5.32 Å². The lowest BCUT2D eigenvalue weighted by molar-refractivity contribution is -0.174. The van der Waals surface area contributed by atoms with Crippen LogP contribution in [-0.4, -0.2) is 29.8 Å². The molecule has 1 aliphatic rings. The van der Waals surface area contributed by atoms with Gasteiger partial charge in [0.15, 0.2) is 0 Å². The summed E-state index contributed by atoms with van der Waals surface area (Å²) in [5.74, 6) is -2.18. The minimum Gasteiger partial charge on any atom is -0.393 e. The van der Waals surface area contributed by atoms with Gasteiger partial charge in [0, 0.05) is 12.5 Å². The van der Waals surface area contributed by atoms with Crippen molar-refractivity contribution in [1.29, 1.82) is 0 Å². The van der Waals surface area contributed by atoms with Crippen molar-refractivity contribution in [3.8, 4) is 0 Å². The number of hydrogen-bond donors (Lipinski definition) is 2. The summed E-state index contributed by atoms with van der Waals surface area (Å²) in [6, 6.07) is 0. The minimum absolute atomic E-state index is 0.0977. The number of amides is 1. The number of carbonyl (C=O) groups excluding carboxylic acids is 1. The first-order valence-electron chi connectivity index (χ1n) is 4.94. The molecule has 1 aliphatic carbocycles. The molecule has 15 heavy (non-hydrogen) atoms. The molecule has 0 aliphatic heterocycles. The van der Waals surface area contributed by atoms with Crippen LogP contribution in [0.2, 0.25) is 0 Å². The maximum absolute atomic E-state index is 11.8. The first kappa shape index (κ1) is 12.3. The van der Waals surface area contributed by atoms with Gasteiger partial charge in [-0.3, -0.25) is 4.79 Å². The minimum atomic E-state index is -4.83. The van der Waals surface area contributed by atoms with Gasteiger partial charge < -0.3 is 10.4 Å². The second-order valence-corrected chi connectivity index (χ2v) is 3.82. The maximum atomic E-state index is 11.8. The number of aliphatic hydroxyl groups excluding tert-OH is 1. The monoisotopic (exact) mass is 225 g/mol. The van der Waals surface area contributed by atoms with Gasteiger partial charge in [0.05, 0.1) is 6.10 Å². The van der Waals surface area contributed by atoms with Gasteiger partial charge in [0.25, 0.3) is 0 Å². The predicted octanol–water partition coefficient (Wildman–Crippen LogP) is 1.22. The Morgan fingerprint density at radius 1 is 1.33 bits per heavy atom. The third-order valence-electron chi connectivity index (χ3n) is 2.65. The Morgan fingerprint density at radius 2 is 1.93 bits per heavy atom. The first-order valence-corrected chi connectivity index (χ1v) is 4.94. The fourth-order valence-corrected chi connectivity index (χ4v) is 1.75. The van der Waals surface area contributed by atoms with E-state index < -0.39 is 18.2 Å². The first-order chi connectivity index (χ1) is 6.91. The van der Waals surface area contributed by atoms with E-state index in [2.05, 4.69) is 0 Å². The average molecular weight is 225 g/mol. The molecular formula is C9H14F3NO2. The zero-order valence-electron chi connectivity index (χ0n) is 8.18. The molecule has 2 atom stereocenters. The highest BCUT2D eigenvalue weighted by atomic mass is 19.4. The van der Waals surface area contributed by atoms with E-state index in [0.717, 1.165) is 12.8 Å². The van der Waals surface area contributed by atoms with E-state index >= 15 is 0 Å². The van der Waals surface area contributed by atoms with Crippen LogP contribution in [0, 0.1) is 5.92 Å². The third-order valence-corrected chi connectivity index (χ3v) is 2.65. The lowest BCUT2D eigenvalue weighted by Gasteiger charge is -2.27. The van der Waals surface area contributed by atoms with Crippen LogP contribution in [0.3, 0.4) is 0 Å². The highest BCUT2D eigenvalue weighted by Gasteiger charge is 2.39. The second-order valence-electron chi connectivity index (χ2n) is 3.82. The van der Waals surface area contributed by atoms with Crippen LogP contribution in [0.1, 0.15) is 25.7 Å². The van der Waals surface area contributed by atoms with Crippen LogP contribution < -0.4 is 5.32 Å². The Balaban J connectivity index is 2.33. The van der Waals surface area contributed by atoms with Crippen LogP contribution >= 0.6 is 0 Å². The summed E-state index contributed by atoms with van der Waals surface area (Å²) in [4.78, 5) is 10.5. The van der Waals surface area contributed by atoms with Crippen molar-refractivity contribution in [3.05, 3.63) is 0 Å². The molecule has 0 spiro atoms. The second kappa shape index (κ2) is 4.83. The SMILES string of the molecule is O=C(NCC1CCCCC1O)C(F)(F)F. The van der Waals surface area contributed by atoms with E-state index in [0.29, 0.717) is 12.8 Å². The van der Waals surface area contributed by atoms with Crippen LogP contribution in [0.5, 0.6) is 0 Å². The van der Waals surface area contributed by atoms with E-state index in [1.807, 2.05) is 0 Å². The van der Waals surface area contributed by atoms with Gasteiger partial charge >= 0.3 is 12.1 Å². The van der Waals surface area contributed by atoms with Gasteiger partial charge in [-0.1, -0.05) is 12.8 Å². The molecule has 1 rings (SSSR count). The molecule has 1 amide bonds. The van der Waals surface area contributed by atoms with Crippen LogP contribution in [0.25, 0.3) is 0 Å². The number of nitrogens with one attached hydrogen (secondary N) is 1. The summed E-state index contributed by atoms with van der Waals surface area (Å²) >= 11 is 0. The Morgan fingerprint density at radius 3 is 2.47 bits per heavy atom. The molecule has 0 bridgehead atoms. The molecule has 0 aromatic carbocycles. The van der Waals surface area contributed by atoms with E-state index in [1.165, 1.54) is 0 Å². The van der Waals surface area contributed by atoms with Gasteiger partial charge in [-0.25, -0.2) is 0 Å². The molecule has 88 valence electrons. The Kier molecular flexibility index (Phi) is 3.96. The number of aliphatic hydroxyl groups is 1. The molecular weight excluding hydrogens is 211 g/mol. The topological polar surface area (TPSA) is 49.3 Å². The fraction of sp³-hybridized carbons (Fsp3) is 0.889. The quantitative estimate of drug-likeness (QED) is 0.742. The summed E-state index contributed by atoms with van der Waals surface area (Å²) in [5.41, 5.74) is 0. The molecule has 0 aromatic rings. The van der Waals surface area contributed by atoms with Crippen molar-refractivity contribution >= 4 is 5.91 Å². The molecule has 1 saturated carbocycles. The fourth-order valence-electron chi connectivity index (χ4n) is 1.75. The molecule has 0 radical (unpaired) electrons. The number of halogens is 3. The highest BCUT2D eigenvalue weighted by Crippen LogP contribution is 2.24. The Labute approximate surface area is 85.7 Å². The number of hydrogen-bond acceptors (Lipinski definition) is 2. The molecule has 2 N–H and O–H groups in total. The van der Waals surface area contributed by atoms with E-state index in [4.69, 9.17) is 0 Å². The molecule has 0 aromatic heterocycles. The standard InChI is InChI=1S/C9H14F3NO2/c10-9(11,12)8(15)13-5-6-3-1-2-4-7(6)14/h6-7,14H,1-5H2,(H,13,15). The summed E-state index contributed by atoms with van der Waals surface area (Å²) in [5, 5.41) is 11.3. The molecule has 0 heterocycles. The van der Waals surface area contributed by atoms with Gasteiger partial charge in [-0.2, -0.15) is 13.2 Å². The van der Waals surface area contributed by atoms with Crippen LogP contribution in [0.4, 0.5) is 13.2 Å². The average Bonchev–Trinajstić information content (AvgIpc) is 2.14. The molecule has 2 unspecified atom stereocenters. The summed E-state index contributed by atoms with van der Waals surface area (Å²) in [7, 11) is 0. The van der Waals surface area contributed by atoms with Gasteiger partial charge in [-0.05, 0) is 12.8 Å². The lowest BCUT2D eigenvalue weighted by atomic mass is 9.86. The van der Waals surface area contributed by atoms with E-state index in [9.17, 15) is 23.1 Å². The molecule has 1 fully saturated rings. The van der Waals surface area contributed by atoms with Crippen molar-refractivity contribution in [2.75, 3.05) is 6.54 Å². The van der Waals surface area contributed by atoms with Crippen molar-refractivity contribution in [3.63, 3.8) is 0 Å². The predicted molar refractivity (Wildman–Crippen MR) is 47.0 cm³/mol. The number of carbonyl (C=O) groups is 1. The highest BCUT2D eigenvalue weighted by molar-refractivity contribution is 5.81. The number of alkyl halides is 3. The van der Waals surface area contributed by atoms with Crippen LogP contribution in [-0.2, 0) is 4.79 Å². The summed E-state index contributed by atoms with van der Waals surface area (Å²) in [6.07, 6.45) is -2.37. The van der Waals surface area contributed by atoms with Gasteiger partial charge in [0.1, 0.15) is 0 Å². The van der Waals surface area contributed by atoms with Gasteiger partial charge in [0.2, 0.25) is 0 Å². The Bertz CT molecular complexity index is 230. The normalized spacial score (nSPS) is 27.5. The Hall–Kier alpha value is -0.780. The van der Waals surface area contributed by atoms with Crippen molar-refractivity contribution < 1.29 is 23.1 Å². The van der Waals surface area contributed by atoms with E-state index in [-0.39, 0.29) is 12.5 Å². The smallest absolute Gasteiger partial charge is 0.393 e. The third kappa shape index (κ3) is 3.70. The zero-order chi connectivity index (χ0) is 11.5. The van der Waals surface area contributed by atoms with Crippen LogP contribution in [0.15, 0.2) is 0 Å². The largest absolute Gasteiger partial charge is 0.471 e. The molecule has 0 saturated heterocycles. The molecule has 6 heteroatoms. The summed E-state index contributed by atoms with van der Waals surface area (Å²) < 4.78 is 35.5. The zero-order valence-corrected chi connectivity index (χ0v) is 8.18. The van der Waals surface area contributed by atoms with Crippen molar-refractivity contribution in [2.45, 2.75) is 38.0 Å². The molecule has 3 nitrogen and oxygen atoms in total. The van der Waals surface area contributed by atoms with Crippen molar-refractivity contribution in [2.24, 2.45) is 5.92 Å². The maximum Gasteiger partial charge on any atom is 0.471 e. The lowest BCUT2D eigenvalue weighted by Crippen LogP contribution is -2.42. The number of rotatable bonds is 2. The van der Waals surface area contributed by atoms with E-state index in [1.54, 1.807) is 5.32 Å².